The second-order valence-electron chi connectivity index (χ2n) is 6.19. The van der Waals surface area contributed by atoms with E-state index in [1.54, 1.807) is 6.07 Å². The van der Waals surface area contributed by atoms with Crippen molar-refractivity contribution in [2.24, 2.45) is 5.92 Å². The molecule has 1 amide bonds. The number of carbonyl (C=O) groups excluding carboxylic acids is 1. The van der Waals surface area contributed by atoms with Gasteiger partial charge in [0.15, 0.2) is 0 Å². The second kappa shape index (κ2) is 6.65. The lowest BCUT2D eigenvalue weighted by Crippen LogP contribution is -2.33. The monoisotopic (exact) mass is 306 g/mol. The topological polar surface area (TPSA) is 50.4 Å². The summed E-state index contributed by atoms with van der Waals surface area (Å²) in [6.45, 7) is 2.65. The van der Waals surface area contributed by atoms with Gasteiger partial charge in [0.25, 0.3) is 0 Å². The molecule has 2 N–H and O–H groups in total. The molecule has 1 aromatic rings. The Bertz CT molecular complexity index is 545. The lowest BCUT2D eigenvalue weighted by atomic mass is 9.93. The summed E-state index contributed by atoms with van der Waals surface area (Å²) in [4.78, 5) is 12.5. The molecule has 4 nitrogen and oxygen atoms in total. The molecule has 120 valence electrons. The molecule has 5 heteroatoms. The van der Waals surface area contributed by atoms with Gasteiger partial charge in [-0.3, -0.25) is 4.79 Å². The minimum absolute atomic E-state index is 0.105. The Morgan fingerprint density at radius 2 is 2.18 bits per heavy atom. The average Bonchev–Trinajstić information content (AvgIpc) is 3.34. The van der Waals surface area contributed by atoms with Crippen molar-refractivity contribution in [3.8, 4) is 0 Å². The maximum Gasteiger partial charge on any atom is 0.227 e. The fourth-order valence-corrected chi connectivity index (χ4v) is 2.85. The molecule has 0 unspecified atom stereocenters. The standard InChI is InChI=1S/C17H23FN2O2/c1-2-13-10-11(8-9-22-13)17(21)20-16-14(18)4-3-5-15(16)19-12-6-7-12/h3-5,11-13,19H,2,6-10H2,1H3,(H,20,21)/t11-,13+/m1/s1. The van der Waals surface area contributed by atoms with E-state index in [0.717, 1.165) is 19.3 Å². The van der Waals surface area contributed by atoms with Gasteiger partial charge >= 0.3 is 0 Å². The predicted octanol–water partition coefficient (Wildman–Crippen LogP) is 3.54. The highest BCUT2D eigenvalue weighted by Crippen LogP contribution is 2.32. The molecule has 22 heavy (non-hydrogen) atoms. The van der Waals surface area contributed by atoms with Crippen molar-refractivity contribution >= 4 is 17.3 Å². The van der Waals surface area contributed by atoms with E-state index < -0.39 is 5.82 Å². The van der Waals surface area contributed by atoms with Gasteiger partial charge in [-0.2, -0.15) is 0 Å². The maximum absolute atomic E-state index is 14.1. The van der Waals surface area contributed by atoms with E-state index in [2.05, 4.69) is 17.6 Å². The summed E-state index contributed by atoms with van der Waals surface area (Å²) in [6.07, 6.45) is 4.64. The van der Waals surface area contributed by atoms with E-state index >= 15 is 0 Å². The van der Waals surface area contributed by atoms with E-state index in [9.17, 15) is 9.18 Å². The van der Waals surface area contributed by atoms with Gasteiger partial charge < -0.3 is 15.4 Å². The Morgan fingerprint density at radius 3 is 2.91 bits per heavy atom. The first kappa shape index (κ1) is 15.3. The van der Waals surface area contributed by atoms with E-state index in [4.69, 9.17) is 4.74 Å². The molecular formula is C17H23FN2O2. The number of anilines is 2. The van der Waals surface area contributed by atoms with Crippen LogP contribution in [0.25, 0.3) is 0 Å². The minimum atomic E-state index is -0.391. The van der Waals surface area contributed by atoms with Crippen LogP contribution in [-0.2, 0) is 9.53 Å². The highest BCUT2D eigenvalue weighted by molar-refractivity contribution is 5.96. The number of ether oxygens (including phenoxy) is 1. The van der Waals surface area contributed by atoms with Crippen LogP contribution in [-0.4, -0.2) is 24.7 Å². The van der Waals surface area contributed by atoms with Crippen molar-refractivity contribution in [1.29, 1.82) is 0 Å². The average molecular weight is 306 g/mol. The molecule has 1 aliphatic heterocycles. The first-order chi connectivity index (χ1) is 10.7. The van der Waals surface area contributed by atoms with Crippen molar-refractivity contribution in [2.45, 2.75) is 51.2 Å². The van der Waals surface area contributed by atoms with Gasteiger partial charge in [-0.05, 0) is 44.2 Å². The Morgan fingerprint density at radius 1 is 1.36 bits per heavy atom. The quantitative estimate of drug-likeness (QED) is 0.875. The number of para-hydroxylation sites is 1. The van der Waals surface area contributed by atoms with Crippen LogP contribution < -0.4 is 10.6 Å². The molecule has 0 radical (unpaired) electrons. The minimum Gasteiger partial charge on any atom is -0.381 e. The summed E-state index contributed by atoms with van der Waals surface area (Å²) in [5.74, 6) is -0.601. The Labute approximate surface area is 130 Å². The third kappa shape index (κ3) is 3.58. The van der Waals surface area contributed by atoms with Gasteiger partial charge in [-0.25, -0.2) is 4.39 Å². The second-order valence-corrected chi connectivity index (χ2v) is 6.19. The molecule has 1 saturated heterocycles. The molecule has 2 fully saturated rings. The molecule has 1 aliphatic carbocycles. The summed E-state index contributed by atoms with van der Waals surface area (Å²) < 4.78 is 19.7. The molecule has 1 saturated carbocycles. The van der Waals surface area contributed by atoms with Gasteiger partial charge in [-0.15, -0.1) is 0 Å². The molecule has 2 aliphatic rings. The van der Waals surface area contributed by atoms with Crippen molar-refractivity contribution in [3.63, 3.8) is 0 Å². The summed E-state index contributed by atoms with van der Waals surface area (Å²) in [5, 5.41) is 6.07. The first-order valence-electron chi connectivity index (χ1n) is 8.15. The van der Waals surface area contributed by atoms with Crippen molar-refractivity contribution < 1.29 is 13.9 Å². The molecule has 3 rings (SSSR count). The Kier molecular flexibility index (Phi) is 4.62. The fraction of sp³-hybridized carbons (Fsp3) is 0.588. The van der Waals surface area contributed by atoms with Gasteiger partial charge in [0.2, 0.25) is 5.91 Å². The fourth-order valence-electron chi connectivity index (χ4n) is 2.85. The van der Waals surface area contributed by atoms with Crippen molar-refractivity contribution in [3.05, 3.63) is 24.0 Å². The highest BCUT2D eigenvalue weighted by Gasteiger charge is 2.28. The predicted molar refractivity (Wildman–Crippen MR) is 84.4 cm³/mol. The zero-order chi connectivity index (χ0) is 15.5. The number of hydrogen-bond acceptors (Lipinski definition) is 3. The molecule has 0 spiro atoms. The summed E-state index contributed by atoms with van der Waals surface area (Å²) in [6, 6.07) is 5.27. The van der Waals surface area contributed by atoms with Crippen LogP contribution in [0.5, 0.6) is 0 Å². The lowest BCUT2D eigenvalue weighted by molar-refractivity contribution is -0.124. The van der Waals surface area contributed by atoms with Gasteiger partial charge in [-0.1, -0.05) is 13.0 Å². The normalized spacial score (nSPS) is 24.8. The number of hydrogen-bond donors (Lipinski definition) is 2. The van der Waals surface area contributed by atoms with E-state index in [1.165, 1.54) is 6.07 Å². The van der Waals surface area contributed by atoms with Crippen LogP contribution in [0, 0.1) is 11.7 Å². The number of halogens is 1. The third-order valence-corrected chi connectivity index (χ3v) is 4.39. The number of carbonyl (C=O) groups is 1. The van der Waals surface area contributed by atoms with Crippen LogP contribution in [0.3, 0.4) is 0 Å². The summed E-state index contributed by atoms with van der Waals surface area (Å²) in [5.41, 5.74) is 0.953. The molecule has 0 aromatic heterocycles. The number of amides is 1. The van der Waals surface area contributed by atoms with Crippen LogP contribution in [0.2, 0.25) is 0 Å². The first-order valence-corrected chi connectivity index (χ1v) is 8.15. The number of nitrogens with one attached hydrogen (secondary N) is 2. The SMILES string of the molecule is CC[C@H]1C[C@H](C(=O)Nc2c(F)cccc2NC2CC2)CCO1. The van der Waals surface area contributed by atoms with E-state index in [1.807, 2.05) is 6.07 Å². The molecular weight excluding hydrogens is 283 g/mol. The lowest BCUT2D eigenvalue weighted by Gasteiger charge is -2.28. The van der Waals surface area contributed by atoms with Gasteiger partial charge in [0.05, 0.1) is 11.8 Å². The molecule has 1 aromatic carbocycles. The van der Waals surface area contributed by atoms with Crippen molar-refractivity contribution in [2.75, 3.05) is 17.2 Å². The number of rotatable bonds is 5. The Hall–Kier alpha value is -1.62. The smallest absolute Gasteiger partial charge is 0.227 e. The van der Waals surface area contributed by atoms with Crippen LogP contribution in [0.1, 0.15) is 39.0 Å². The molecule has 1 heterocycles. The van der Waals surface area contributed by atoms with Gasteiger partial charge in [0.1, 0.15) is 11.5 Å². The molecule has 2 atom stereocenters. The number of benzene rings is 1. The maximum atomic E-state index is 14.1. The van der Waals surface area contributed by atoms with Crippen molar-refractivity contribution in [1.82, 2.24) is 0 Å². The van der Waals surface area contributed by atoms with E-state index in [-0.39, 0.29) is 23.6 Å². The third-order valence-electron chi connectivity index (χ3n) is 4.39. The van der Waals surface area contributed by atoms with Crippen LogP contribution in [0.4, 0.5) is 15.8 Å². The summed E-state index contributed by atoms with van der Waals surface area (Å²) in [7, 11) is 0. The zero-order valence-corrected chi connectivity index (χ0v) is 12.9. The van der Waals surface area contributed by atoms with Gasteiger partial charge in [0, 0.05) is 18.6 Å². The summed E-state index contributed by atoms with van der Waals surface area (Å²) >= 11 is 0. The largest absolute Gasteiger partial charge is 0.381 e. The van der Waals surface area contributed by atoms with E-state index in [0.29, 0.717) is 31.2 Å². The van der Waals surface area contributed by atoms with Crippen LogP contribution in [0.15, 0.2) is 18.2 Å². The van der Waals surface area contributed by atoms with Crippen LogP contribution >= 0.6 is 0 Å². The Balaban J connectivity index is 1.70. The molecule has 0 bridgehead atoms. The zero-order valence-electron chi connectivity index (χ0n) is 12.9. The highest BCUT2D eigenvalue weighted by atomic mass is 19.1.